The van der Waals surface area contributed by atoms with Crippen molar-refractivity contribution in [1.29, 1.82) is 0 Å². The number of nitrogens with zero attached hydrogens (tertiary/aromatic N) is 1. The van der Waals surface area contributed by atoms with Crippen molar-refractivity contribution < 1.29 is 19.0 Å². The van der Waals surface area contributed by atoms with Crippen LogP contribution in [-0.2, 0) is 16.0 Å². The summed E-state index contributed by atoms with van der Waals surface area (Å²) >= 11 is 0. The molecule has 7 heteroatoms. The van der Waals surface area contributed by atoms with Gasteiger partial charge in [-0.3, -0.25) is 4.90 Å². The Hall–Kier alpha value is -1.83. The number of carbonyl (C=O) groups excluding carboxylic acids is 1. The molecular formula is C21H33N3O4. The molecule has 2 saturated heterocycles. The zero-order chi connectivity index (χ0) is 19.8. The molecule has 156 valence electrons. The lowest BCUT2D eigenvalue weighted by Crippen LogP contribution is -2.53. The smallest absolute Gasteiger partial charge is 0.315 e. The maximum Gasteiger partial charge on any atom is 0.315 e. The number of hydrogen-bond acceptors (Lipinski definition) is 5. The lowest BCUT2D eigenvalue weighted by molar-refractivity contribution is 0.00212. The van der Waals surface area contributed by atoms with Crippen molar-refractivity contribution in [3.8, 4) is 5.75 Å². The molecule has 28 heavy (non-hydrogen) atoms. The van der Waals surface area contributed by atoms with Crippen molar-refractivity contribution in [1.82, 2.24) is 15.5 Å². The summed E-state index contributed by atoms with van der Waals surface area (Å²) in [5.74, 6) is 1.27. The van der Waals surface area contributed by atoms with E-state index in [0.29, 0.717) is 19.0 Å². The molecule has 7 nitrogen and oxygen atoms in total. The van der Waals surface area contributed by atoms with Gasteiger partial charge in [-0.2, -0.15) is 0 Å². The topological polar surface area (TPSA) is 72.1 Å². The van der Waals surface area contributed by atoms with Gasteiger partial charge in [-0.05, 0) is 26.3 Å². The van der Waals surface area contributed by atoms with Gasteiger partial charge in [0.1, 0.15) is 5.75 Å². The highest BCUT2D eigenvalue weighted by atomic mass is 16.5. The number of morpholine rings is 1. The third-order valence-electron chi connectivity index (χ3n) is 5.27. The average molecular weight is 392 g/mol. The molecule has 2 atom stereocenters. The number of carbonyl (C=O) groups is 1. The highest BCUT2D eigenvalue weighted by Gasteiger charge is 2.31. The van der Waals surface area contributed by atoms with E-state index < -0.39 is 0 Å². The van der Waals surface area contributed by atoms with Gasteiger partial charge in [0.05, 0.1) is 25.9 Å². The molecule has 0 radical (unpaired) electrons. The Balaban J connectivity index is 1.50. The monoisotopic (exact) mass is 391 g/mol. The minimum Gasteiger partial charge on any atom is -0.491 e. The Morgan fingerprint density at radius 3 is 2.68 bits per heavy atom. The zero-order valence-electron chi connectivity index (χ0n) is 17.0. The molecule has 0 spiro atoms. The van der Waals surface area contributed by atoms with Crippen molar-refractivity contribution >= 4 is 6.03 Å². The molecule has 2 N–H and O–H groups in total. The summed E-state index contributed by atoms with van der Waals surface area (Å²) in [6.45, 7) is 9.94. The molecule has 1 aromatic carbocycles. The summed E-state index contributed by atoms with van der Waals surface area (Å²) in [7, 11) is 0. The molecule has 0 bridgehead atoms. The molecular weight excluding hydrogens is 358 g/mol. The van der Waals surface area contributed by atoms with Crippen LogP contribution in [0.25, 0.3) is 0 Å². The molecule has 2 unspecified atom stereocenters. The quantitative estimate of drug-likeness (QED) is 0.709. The highest BCUT2D eigenvalue weighted by Crippen LogP contribution is 2.22. The first-order valence-corrected chi connectivity index (χ1v) is 10.3. The fourth-order valence-electron chi connectivity index (χ4n) is 3.81. The van der Waals surface area contributed by atoms with E-state index in [0.717, 1.165) is 57.3 Å². The molecule has 2 aliphatic heterocycles. The Morgan fingerprint density at radius 1 is 1.18 bits per heavy atom. The normalized spacial score (nSPS) is 21.5. The molecule has 2 fully saturated rings. The SMILES string of the molecule is CC(C)Oc1ccccc1CNC(=O)NCC(C1CCOC1)N1CCOCC1. The van der Waals surface area contributed by atoms with E-state index in [9.17, 15) is 4.79 Å². The van der Waals surface area contributed by atoms with Gasteiger partial charge < -0.3 is 24.8 Å². The van der Waals surface area contributed by atoms with Crippen molar-refractivity contribution in [2.24, 2.45) is 5.92 Å². The largest absolute Gasteiger partial charge is 0.491 e. The Morgan fingerprint density at radius 2 is 1.96 bits per heavy atom. The van der Waals surface area contributed by atoms with Crippen molar-refractivity contribution in [3.63, 3.8) is 0 Å². The van der Waals surface area contributed by atoms with Crippen molar-refractivity contribution in [2.75, 3.05) is 46.1 Å². The van der Waals surface area contributed by atoms with Crippen LogP contribution in [0.15, 0.2) is 24.3 Å². The lowest BCUT2D eigenvalue weighted by atomic mass is 9.97. The van der Waals surface area contributed by atoms with Gasteiger partial charge in [-0.15, -0.1) is 0 Å². The third kappa shape index (κ3) is 6.09. The van der Waals surface area contributed by atoms with Gasteiger partial charge in [0.15, 0.2) is 0 Å². The number of para-hydroxylation sites is 1. The highest BCUT2D eigenvalue weighted by molar-refractivity contribution is 5.73. The number of nitrogens with one attached hydrogen (secondary N) is 2. The van der Waals surface area contributed by atoms with Crippen LogP contribution in [0.4, 0.5) is 4.79 Å². The van der Waals surface area contributed by atoms with Gasteiger partial charge >= 0.3 is 6.03 Å². The second-order valence-electron chi connectivity index (χ2n) is 7.68. The van der Waals surface area contributed by atoms with Crippen LogP contribution < -0.4 is 15.4 Å². The summed E-state index contributed by atoms with van der Waals surface area (Å²) in [5.41, 5.74) is 0.972. The van der Waals surface area contributed by atoms with Crippen LogP contribution >= 0.6 is 0 Å². The average Bonchev–Trinajstić information content (AvgIpc) is 3.22. The van der Waals surface area contributed by atoms with Gasteiger partial charge in [0.25, 0.3) is 0 Å². The molecule has 0 saturated carbocycles. The molecule has 0 aromatic heterocycles. The van der Waals surface area contributed by atoms with E-state index in [1.165, 1.54) is 0 Å². The zero-order valence-corrected chi connectivity index (χ0v) is 17.0. The second-order valence-corrected chi connectivity index (χ2v) is 7.68. The van der Waals surface area contributed by atoms with Crippen LogP contribution in [-0.4, -0.2) is 69.1 Å². The molecule has 3 rings (SSSR count). The van der Waals surface area contributed by atoms with Crippen molar-refractivity contribution in [3.05, 3.63) is 29.8 Å². The standard InChI is InChI=1S/C21H33N3O4/c1-16(2)28-20-6-4-3-5-17(20)13-22-21(25)23-14-19(18-7-10-27-15-18)24-8-11-26-12-9-24/h3-6,16,18-19H,7-15H2,1-2H3,(H2,22,23,25). The second kappa shape index (κ2) is 10.6. The minimum absolute atomic E-state index is 0.0953. The first-order chi connectivity index (χ1) is 13.6. The van der Waals surface area contributed by atoms with E-state index in [1.807, 2.05) is 38.1 Å². The van der Waals surface area contributed by atoms with Gasteiger partial charge in [-0.25, -0.2) is 4.79 Å². The predicted octanol–water partition coefficient (Wildman–Crippen LogP) is 2.01. The third-order valence-corrected chi connectivity index (χ3v) is 5.27. The summed E-state index contributed by atoms with van der Waals surface area (Å²) in [4.78, 5) is 14.8. The van der Waals surface area contributed by atoms with Crippen LogP contribution in [0.3, 0.4) is 0 Å². The number of amides is 2. The molecule has 2 heterocycles. The van der Waals surface area contributed by atoms with Crippen LogP contribution in [0.5, 0.6) is 5.75 Å². The van der Waals surface area contributed by atoms with Gasteiger partial charge in [0, 0.05) is 50.3 Å². The van der Waals surface area contributed by atoms with Crippen molar-refractivity contribution in [2.45, 2.75) is 39.0 Å². The first-order valence-electron chi connectivity index (χ1n) is 10.3. The Kier molecular flexibility index (Phi) is 7.94. The maximum atomic E-state index is 12.4. The van der Waals surface area contributed by atoms with E-state index in [1.54, 1.807) is 0 Å². The summed E-state index contributed by atoms with van der Waals surface area (Å²) in [6, 6.07) is 7.94. The van der Waals surface area contributed by atoms with Gasteiger partial charge in [0.2, 0.25) is 0 Å². The number of urea groups is 1. The van der Waals surface area contributed by atoms with Crippen LogP contribution in [0, 0.1) is 5.92 Å². The Labute approximate surface area is 167 Å². The number of hydrogen-bond donors (Lipinski definition) is 2. The maximum absolute atomic E-state index is 12.4. The van der Waals surface area contributed by atoms with E-state index in [2.05, 4.69) is 15.5 Å². The number of ether oxygens (including phenoxy) is 3. The Bertz CT molecular complexity index is 613. The van der Waals surface area contributed by atoms with Crippen LogP contribution in [0.1, 0.15) is 25.8 Å². The first kappa shape index (κ1) is 20.9. The number of rotatable bonds is 8. The fraction of sp³-hybridized carbons (Fsp3) is 0.667. The molecule has 2 amide bonds. The molecule has 2 aliphatic rings. The summed E-state index contributed by atoms with van der Waals surface area (Å²) in [5, 5.41) is 6.02. The summed E-state index contributed by atoms with van der Waals surface area (Å²) in [6.07, 6.45) is 1.14. The van der Waals surface area contributed by atoms with Crippen LogP contribution in [0.2, 0.25) is 0 Å². The molecule has 0 aliphatic carbocycles. The van der Waals surface area contributed by atoms with E-state index in [4.69, 9.17) is 14.2 Å². The fourth-order valence-corrected chi connectivity index (χ4v) is 3.81. The van der Waals surface area contributed by atoms with Gasteiger partial charge in [-0.1, -0.05) is 18.2 Å². The van der Waals surface area contributed by atoms with E-state index in [-0.39, 0.29) is 18.2 Å². The summed E-state index contributed by atoms with van der Waals surface area (Å²) < 4.78 is 16.9. The predicted molar refractivity (Wildman–Crippen MR) is 108 cm³/mol. The minimum atomic E-state index is -0.156. The van der Waals surface area contributed by atoms with E-state index >= 15 is 0 Å². The number of benzene rings is 1. The lowest BCUT2D eigenvalue weighted by Gasteiger charge is -2.37. The molecule has 1 aromatic rings.